The lowest BCUT2D eigenvalue weighted by molar-refractivity contribution is 0.286. The normalized spacial score (nSPS) is 19.3. The quantitative estimate of drug-likeness (QED) is 0.640. The molecule has 0 unspecified atom stereocenters. The Balaban J connectivity index is 1.31. The lowest BCUT2D eigenvalue weighted by Gasteiger charge is -2.41. The minimum atomic E-state index is 0.546. The van der Waals surface area contributed by atoms with Gasteiger partial charge in [0.1, 0.15) is 17.8 Å². The third-order valence-corrected chi connectivity index (χ3v) is 6.14. The van der Waals surface area contributed by atoms with Crippen LogP contribution in [0.3, 0.4) is 0 Å². The molecule has 0 aromatic carbocycles. The van der Waals surface area contributed by atoms with Crippen LogP contribution in [0.2, 0.25) is 0 Å². The highest BCUT2D eigenvalue weighted by Gasteiger charge is 2.33. The molecule has 1 saturated carbocycles. The van der Waals surface area contributed by atoms with Crippen molar-refractivity contribution in [3.8, 4) is 5.88 Å². The summed E-state index contributed by atoms with van der Waals surface area (Å²) in [7, 11) is 2.14. The van der Waals surface area contributed by atoms with Gasteiger partial charge in [-0.05, 0) is 37.8 Å². The summed E-state index contributed by atoms with van der Waals surface area (Å²) in [6, 6.07) is 6.68. The van der Waals surface area contributed by atoms with Gasteiger partial charge in [0.15, 0.2) is 0 Å². The molecule has 6 nitrogen and oxygen atoms in total. The van der Waals surface area contributed by atoms with Crippen LogP contribution in [0.25, 0.3) is 11.0 Å². The van der Waals surface area contributed by atoms with Crippen LogP contribution in [0.1, 0.15) is 19.8 Å². The molecule has 1 fully saturated rings. The molecule has 0 radical (unpaired) electrons. The average molecular weight is 369 g/mol. The fraction of sp³-hybridized carbons (Fsp3) is 0.421. The zero-order chi connectivity index (χ0) is 17.9. The third-order valence-electron chi connectivity index (χ3n) is 4.91. The van der Waals surface area contributed by atoms with Gasteiger partial charge in [-0.3, -0.25) is 0 Å². The second-order valence-electron chi connectivity index (χ2n) is 6.61. The number of thioether (sulfide) groups is 1. The predicted molar refractivity (Wildman–Crippen MR) is 105 cm³/mol. The molecule has 1 aliphatic rings. The number of ether oxygens (including phenoxy) is 1. The number of nitrogens with zero attached hydrogens (tertiary/aromatic N) is 4. The summed E-state index contributed by atoms with van der Waals surface area (Å²) < 4.78 is 5.47. The first-order chi connectivity index (χ1) is 12.7. The number of aromatic amines is 1. The summed E-state index contributed by atoms with van der Waals surface area (Å²) in [5, 5.41) is 1.09. The highest BCUT2D eigenvalue weighted by molar-refractivity contribution is 7.99. The zero-order valence-electron chi connectivity index (χ0n) is 15.1. The molecule has 1 aliphatic carbocycles. The van der Waals surface area contributed by atoms with Crippen molar-refractivity contribution < 1.29 is 4.74 Å². The molecule has 0 bridgehead atoms. The van der Waals surface area contributed by atoms with Crippen molar-refractivity contribution in [2.45, 2.75) is 30.7 Å². The van der Waals surface area contributed by atoms with Crippen LogP contribution in [0.4, 0.5) is 5.82 Å². The van der Waals surface area contributed by atoms with Crippen molar-refractivity contribution in [3.63, 3.8) is 0 Å². The first kappa shape index (κ1) is 17.1. The smallest absolute Gasteiger partial charge is 0.214 e. The Labute approximate surface area is 157 Å². The number of pyridine rings is 1. The molecule has 0 amide bonds. The highest BCUT2D eigenvalue weighted by atomic mass is 32.2. The number of H-pyrrole nitrogens is 1. The number of fused-ring (bicyclic) bond motifs is 1. The molecule has 0 aliphatic heterocycles. The van der Waals surface area contributed by atoms with E-state index in [4.69, 9.17) is 4.74 Å². The number of aromatic nitrogens is 4. The Bertz CT molecular complexity index is 877. The van der Waals surface area contributed by atoms with Crippen LogP contribution < -0.4 is 9.64 Å². The van der Waals surface area contributed by atoms with Crippen molar-refractivity contribution in [1.29, 1.82) is 0 Å². The summed E-state index contributed by atoms with van der Waals surface area (Å²) in [5.74, 6) is 3.59. The minimum Gasteiger partial charge on any atom is -0.478 e. The summed E-state index contributed by atoms with van der Waals surface area (Å²) in [6.45, 7) is 2.63. The van der Waals surface area contributed by atoms with Crippen LogP contribution in [0.15, 0.2) is 41.8 Å². The van der Waals surface area contributed by atoms with Gasteiger partial charge in [-0.15, -0.1) is 11.8 Å². The summed E-state index contributed by atoms with van der Waals surface area (Å²) in [6.07, 6.45) is 7.77. The van der Waals surface area contributed by atoms with Gasteiger partial charge in [-0.25, -0.2) is 15.0 Å². The molecule has 3 aromatic heterocycles. The fourth-order valence-electron chi connectivity index (χ4n) is 3.39. The molecule has 0 atom stereocenters. The Kier molecular flexibility index (Phi) is 4.97. The van der Waals surface area contributed by atoms with Gasteiger partial charge >= 0.3 is 0 Å². The topological polar surface area (TPSA) is 66.9 Å². The van der Waals surface area contributed by atoms with Crippen LogP contribution in [0, 0.1) is 5.92 Å². The number of rotatable bonds is 7. The summed E-state index contributed by atoms with van der Waals surface area (Å²) in [4.78, 5) is 19.7. The maximum absolute atomic E-state index is 5.47. The molecule has 4 rings (SSSR count). The van der Waals surface area contributed by atoms with E-state index in [1.54, 1.807) is 6.33 Å². The first-order valence-corrected chi connectivity index (χ1v) is 9.95. The molecule has 3 aromatic rings. The second-order valence-corrected chi connectivity index (χ2v) is 7.71. The lowest BCUT2D eigenvalue weighted by atomic mass is 9.81. The number of hydrogen-bond donors (Lipinski definition) is 1. The van der Waals surface area contributed by atoms with E-state index in [9.17, 15) is 0 Å². The van der Waals surface area contributed by atoms with E-state index in [1.807, 2.05) is 43.2 Å². The van der Waals surface area contributed by atoms with Crippen LogP contribution >= 0.6 is 11.8 Å². The maximum atomic E-state index is 5.47. The maximum Gasteiger partial charge on any atom is 0.214 e. The van der Waals surface area contributed by atoms with Gasteiger partial charge in [0.25, 0.3) is 0 Å². The molecule has 0 spiro atoms. The summed E-state index contributed by atoms with van der Waals surface area (Å²) in [5.41, 5.74) is 0.899. The number of anilines is 1. The number of hydrogen-bond acceptors (Lipinski definition) is 6. The third kappa shape index (κ3) is 3.49. The molecule has 3 heterocycles. The van der Waals surface area contributed by atoms with E-state index in [1.165, 1.54) is 17.7 Å². The van der Waals surface area contributed by atoms with Gasteiger partial charge in [-0.1, -0.05) is 0 Å². The van der Waals surface area contributed by atoms with Crippen molar-refractivity contribution >= 4 is 28.6 Å². The zero-order valence-corrected chi connectivity index (χ0v) is 15.9. The molecular weight excluding hydrogens is 346 g/mol. The molecule has 26 heavy (non-hydrogen) atoms. The Hall–Kier alpha value is -2.28. The summed E-state index contributed by atoms with van der Waals surface area (Å²) >= 11 is 1.89. The molecule has 1 N–H and O–H groups in total. The predicted octanol–water partition coefficient (Wildman–Crippen LogP) is 3.76. The monoisotopic (exact) mass is 369 g/mol. The van der Waals surface area contributed by atoms with Crippen molar-refractivity contribution in [2.24, 2.45) is 5.92 Å². The lowest BCUT2D eigenvalue weighted by Crippen LogP contribution is -2.43. The molecule has 0 saturated heterocycles. The van der Waals surface area contributed by atoms with Crippen molar-refractivity contribution in [2.75, 3.05) is 24.3 Å². The molecular formula is C19H23N5OS. The average Bonchev–Trinajstić information content (AvgIpc) is 3.09. The van der Waals surface area contributed by atoms with Gasteiger partial charge in [0.05, 0.1) is 12.0 Å². The van der Waals surface area contributed by atoms with E-state index in [-0.39, 0.29) is 0 Å². The van der Waals surface area contributed by atoms with E-state index < -0.39 is 0 Å². The Morgan fingerprint density at radius 3 is 3.00 bits per heavy atom. The van der Waals surface area contributed by atoms with E-state index in [0.29, 0.717) is 18.5 Å². The first-order valence-electron chi connectivity index (χ1n) is 8.97. The van der Waals surface area contributed by atoms with Crippen LogP contribution in [-0.4, -0.2) is 45.4 Å². The number of nitrogens with one attached hydrogen (secondary N) is 1. The van der Waals surface area contributed by atoms with E-state index in [0.717, 1.165) is 28.5 Å². The van der Waals surface area contributed by atoms with Crippen LogP contribution in [-0.2, 0) is 0 Å². The van der Waals surface area contributed by atoms with Gasteiger partial charge < -0.3 is 14.6 Å². The minimum absolute atomic E-state index is 0.546. The largest absolute Gasteiger partial charge is 0.478 e. The Morgan fingerprint density at radius 2 is 2.15 bits per heavy atom. The second kappa shape index (κ2) is 7.53. The molecule has 136 valence electrons. The molecule has 7 heteroatoms. The van der Waals surface area contributed by atoms with Crippen LogP contribution in [0.5, 0.6) is 5.88 Å². The van der Waals surface area contributed by atoms with Gasteiger partial charge in [0.2, 0.25) is 5.88 Å². The van der Waals surface area contributed by atoms with Gasteiger partial charge in [0, 0.05) is 42.2 Å². The van der Waals surface area contributed by atoms with E-state index in [2.05, 4.69) is 37.9 Å². The SMILES string of the molecule is CCOc1cc(SC[C@H]2C[C@@H](N(C)c3ncnc4[nH]ccc34)C2)ccn1. The standard InChI is InChI=1S/C19H23N5OS/c1-3-25-17-10-15(4-6-20-17)26-11-13-8-14(9-13)24(2)19-16-5-7-21-18(16)22-12-23-19/h4-7,10,12-14H,3,8-9,11H2,1-2H3,(H,21,22,23)/t13-,14+. The highest BCUT2D eigenvalue weighted by Crippen LogP contribution is 2.38. The Morgan fingerprint density at radius 1 is 1.27 bits per heavy atom. The van der Waals surface area contributed by atoms with Gasteiger partial charge in [-0.2, -0.15) is 0 Å². The van der Waals surface area contributed by atoms with Crippen molar-refractivity contribution in [1.82, 2.24) is 19.9 Å². The fourth-order valence-corrected chi connectivity index (χ4v) is 4.43. The van der Waals surface area contributed by atoms with Crippen molar-refractivity contribution in [3.05, 3.63) is 36.9 Å². The van der Waals surface area contributed by atoms with E-state index >= 15 is 0 Å².